The van der Waals surface area contributed by atoms with Gasteiger partial charge in [0, 0.05) is 30.0 Å². The van der Waals surface area contributed by atoms with Crippen molar-refractivity contribution >= 4 is 21.8 Å². The van der Waals surface area contributed by atoms with Gasteiger partial charge in [-0.1, -0.05) is 28.8 Å². The van der Waals surface area contributed by atoms with Crippen molar-refractivity contribution in [1.82, 2.24) is 4.90 Å². The molecule has 0 aliphatic heterocycles. The van der Waals surface area contributed by atoms with Gasteiger partial charge >= 0.3 is 0 Å². The number of amides is 1. The number of nitrogens with zero attached hydrogens (tertiary/aromatic N) is 1. The molecule has 1 fully saturated rings. The second kappa shape index (κ2) is 6.16. The summed E-state index contributed by atoms with van der Waals surface area (Å²) < 4.78 is 40.2. The van der Waals surface area contributed by atoms with E-state index < -0.39 is 28.9 Å². The molecule has 0 bridgehead atoms. The number of hydrogen-bond donors (Lipinski definition) is 0. The maximum atomic E-state index is 13.6. The number of halogens is 4. The van der Waals surface area contributed by atoms with Crippen LogP contribution in [0.1, 0.15) is 36.0 Å². The molecule has 2 rings (SSSR count). The van der Waals surface area contributed by atoms with Crippen LogP contribution in [0.2, 0.25) is 0 Å². The zero-order chi connectivity index (χ0) is 14.9. The summed E-state index contributed by atoms with van der Waals surface area (Å²) in [5, 5.41) is 0. The Morgan fingerprint density at radius 1 is 1.20 bits per heavy atom. The molecule has 2 atom stereocenters. The van der Waals surface area contributed by atoms with Crippen LogP contribution in [0.15, 0.2) is 12.1 Å². The molecule has 2 nitrogen and oxygen atoms in total. The predicted molar refractivity (Wildman–Crippen MR) is 73.4 cm³/mol. The summed E-state index contributed by atoms with van der Waals surface area (Å²) in [7, 11) is 1.52. The molecule has 1 aliphatic rings. The Hall–Kier alpha value is -1.04. The molecule has 1 aliphatic carbocycles. The first-order valence-corrected chi connectivity index (χ1v) is 7.39. The molecule has 0 heterocycles. The van der Waals surface area contributed by atoms with Crippen LogP contribution in [0.3, 0.4) is 0 Å². The summed E-state index contributed by atoms with van der Waals surface area (Å²) in [5.74, 6) is -4.12. The van der Waals surface area contributed by atoms with Gasteiger partial charge in [0.25, 0.3) is 5.91 Å². The summed E-state index contributed by atoms with van der Waals surface area (Å²) in [6, 6.07) is 0.938. The van der Waals surface area contributed by atoms with E-state index in [1.807, 2.05) is 0 Å². The fraction of sp³-hybridized carbons (Fsp3) is 0.500. The summed E-state index contributed by atoms with van der Waals surface area (Å²) in [6.07, 6.45) is 3.73. The number of benzene rings is 1. The van der Waals surface area contributed by atoms with Crippen molar-refractivity contribution in [3.05, 3.63) is 35.1 Å². The number of alkyl halides is 1. The minimum Gasteiger partial charge on any atom is -0.337 e. The quantitative estimate of drug-likeness (QED) is 0.742. The van der Waals surface area contributed by atoms with Crippen molar-refractivity contribution in [2.45, 2.75) is 36.6 Å². The van der Waals surface area contributed by atoms with Crippen molar-refractivity contribution in [3.8, 4) is 0 Å². The van der Waals surface area contributed by atoms with Crippen molar-refractivity contribution in [3.63, 3.8) is 0 Å². The summed E-state index contributed by atoms with van der Waals surface area (Å²) in [4.78, 5) is 13.7. The van der Waals surface area contributed by atoms with Gasteiger partial charge in [0.05, 0.1) is 0 Å². The van der Waals surface area contributed by atoms with E-state index in [0.29, 0.717) is 12.1 Å². The second-order valence-corrected chi connectivity index (χ2v) is 6.20. The van der Waals surface area contributed by atoms with E-state index in [-0.39, 0.29) is 10.9 Å². The van der Waals surface area contributed by atoms with Crippen LogP contribution in [0.5, 0.6) is 0 Å². The maximum Gasteiger partial charge on any atom is 0.259 e. The van der Waals surface area contributed by atoms with Crippen molar-refractivity contribution in [2.75, 3.05) is 7.05 Å². The smallest absolute Gasteiger partial charge is 0.259 e. The van der Waals surface area contributed by atoms with E-state index in [0.717, 1.165) is 25.7 Å². The molecule has 20 heavy (non-hydrogen) atoms. The van der Waals surface area contributed by atoms with E-state index in [9.17, 15) is 18.0 Å². The average molecular weight is 350 g/mol. The SMILES string of the molecule is CN(C(=O)c1c(F)cc(F)cc1F)C1CCCCC1Br. The fourth-order valence-electron chi connectivity index (χ4n) is 2.58. The number of hydrogen-bond acceptors (Lipinski definition) is 1. The van der Waals surface area contributed by atoms with E-state index in [1.54, 1.807) is 0 Å². The van der Waals surface area contributed by atoms with Gasteiger partial charge in [0.15, 0.2) is 0 Å². The van der Waals surface area contributed by atoms with Crippen molar-refractivity contribution in [1.29, 1.82) is 0 Å². The van der Waals surface area contributed by atoms with Gasteiger partial charge in [-0.15, -0.1) is 0 Å². The standard InChI is InChI=1S/C14H15BrF3NO/c1-19(12-5-3-2-4-9(12)15)14(20)13-10(17)6-8(16)7-11(13)18/h6-7,9,12H,2-5H2,1H3. The lowest BCUT2D eigenvalue weighted by Gasteiger charge is -2.35. The molecule has 0 spiro atoms. The Labute approximate surface area is 124 Å². The van der Waals surface area contributed by atoms with Crippen LogP contribution in [-0.4, -0.2) is 28.7 Å². The molecular formula is C14H15BrF3NO. The highest BCUT2D eigenvalue weighted by atomic mass is 79.9. The largest absolute Gasteiger partial charge is 0.337 e. The van der Waals surface area contributed by atoms with E-state index >= 15 is 0 Å². The Bertz CT molecular complexity index is 500. The molecule has 0 radical (unpaired) electrons. The zero-order valence-corrected chi connectivity index (χ0v) is 12.6. The highest BCUT2D eigenvalue weighted by Gasteiger charge is 2.32. The minimum absolute atomic E-state index is 0.108. The Kier molecular flexibility index (Phi) is 4.73. The predicted octanol–water partition coefficient (Wildman–Crippen LogP) is 3.88. The topological polar surface area (TPSA) is 20.3 Å². The van der Waals surface area contributed by atoms with Gasteiger partial charge in [-0.3, -0.25) is 4.79 Å². The van der Waals surface area contributed by atoms with Gasteiger partial charge in [0.1, 0.15) is 23.0 Å². The molecule has 1 saturated carbocycles. The molecule has 2 unspecified atom stereocenters. The maximum absolute atomic E-state index is 13.6. The van der Waals surface area contributed by atoms with Gasteiger partial charge in [-0.25, -0.2) is 13.2 Å². The molecule has 1 aromatic carbocycles. The molecule has 0 N–H and O–H groups in total. The first kappa shape index (κ1) is 15.4. The van der Waals surface area contributed by atoms with Gasteiger partial charge < -0.3 is 4.90 Å². The van der Waals surface area contributed by atoms with Crippen LogP contribution < -0.4 is 0 Å². The molecule has 110 valence electrons. The lowest BCUT2D eigenvalue weighted by atomic mass is 9.94. The Morgan fingerprint density at radius 2 is 1.75 bits per heavy atom. The second-order valence-electron chi connectivity index (χ2n) is 5.03. The van der Waals surface area contributed by atoms with Gasteiger partial charge in [-0.05, 0) is 12.8 Å². The normalized spacial score (nSPS) is 22.6. The number of rotatable bonds is 2. The third-order valence-electron chi connectivity index (χ3n) is 3.69. The number of carbonyl (C=O) groups is 1. The monoisotopic (exact) mass is 349 g/mol. The molecule has 1 amide bonds. The van der Waals surface area contributed by atoms with Crippen LogP contribution in [0.25, 0.3) is 0 Å². The average Bonchev–Trinajstić information content (AvgIpc) is 2.37. The summed E-state index contributed by atoms with van der Waals surface area (Å²) in [6.45, 7) is 0. The summed E-state index contributed by atoms with van der Waals surface area (Å²) >= 11 is 3.50. The highest BCUT2D eigenvalue weighted by Crippen LogP contribution is 2.29. The molecule has 0 aromatic heterocycles. The van der Waals surface area contributed by atoms with E-state index in [1.165, 1.54) is 11.9 Å². The van der Waals surface area contributed by atoms with Gasteiger partial charge in [-0.2, -0.15) is 0 Å². The third kappa shape index (κ3) is 3.00. The van der Waals surface area contributed by atoms with E-state index in [4.69, 9.17) is 0 Å². The minimum atomic E-state index is -1.17. The van der Waals surface area contributed by atoms with Crippen molar-refractivity contribution < 1.29 is 18.0 Å². The molecule has 6 heteroatoms. The zero-order valence-electron chi connectivity index (χ0n) is 11.0. The van der Waals surface area contributed by atoms with E-state index in [2.05, 4.69) is 15.9 Å². The molecule has 0 saturated heterocycles. The third-order valence-corrected chi connectivity index (χ3v) is 4.75. The van der Waals surface area contributed by atoms with Crippen LogP contribution in [0, 0.1) is 17.5 Å². The Morgan fingerprint density at radius 3 is 2.30 bits per heavy atom. The van der Waals surface area contributed by atoms with Gasteiger partial charge in [0.2, 0.25) is 0 Å². The fourth-order valence-corrected chi connectivity index (χ4v) is 3.52. The number of carbonyl (C=O) groups excluding carboxylic acids is 1. The first-order valence-electron chi connectivity index (χ1n) is 6.47. The highest BCUT2D eigenvalue weighted by molar-refractivity contribution is 9.09. The Balaban J connectivity index is 2.27. The van der Waals surface area contributed by atoms with Crippen molar-refractivity contribution in [2.24, 2.45) is 0 Å². The van der Waals surface area contributed by atoms with Crippen LogP contribution >= 0.6 is 15.9 Å². The van der Waals surface area contributed by atoms with Crippen LogP contribution in [-0.2, 0) is 0 Å². The molecule has 1 aromatic rings. The van der Waals surface area contributed by atoms with Crippen LogP contribution in [0.4, 0.5) is 13.2 Å². The first-order chi connectivity index (χ1) is 9.41. The lowest BCUT2D eigenvalue weighted by Crippen LogP contribution is -2.44. The summed E-state index contributed by atoms with van der Waals surface area (Å²) in [5.41, 5.74) is -0.695. The lowest BCUT2D eigenvalue weighted by molar-refractivity contribution is 0.0694. The molecular weight excluding hydrogens is 335 g/mol.